The highest BCUT2D eigenvalue weighted by molar-refractivity contribution is 6.33. The number of ether oxygens (including phenoxy) is 1. The van der Waals surface area contributed by atoms with E-state index >= 15 is 0 Å². The fourth-order valence-electron chi connectivity index (χ4n) is 4.07. The van der Waals surface area contributed by atoms with E-state index in [4.69, 9.17) is 4.74 Å². The van der Waals surface area contributed by atoms with Gasteiger partial charge in [-0.05, 0) is 29.7 Å². The molecular weight excluding hydrogens is 348 g/mol. The molecule has 6 heteroatoms. The molecule has 132 valence electrons. The third-order valence-corrected chi connectivity index (χ3v) is 5.12. The molecule has 6 nitrogen and oxygen atoms in total. The molecule has 0 aliphatic rings. The second kappa shape index (κ2) is 4.88. The first-order valence-electron chi connectivity index (χ1n) is 8.17. The van der Waals surface area contributed by atoms with Crippen molar-refractivity contribution in [3.05, 3.63) is 56.8 Å². The molecule has 0 aromatic heterocycles. The highest BCUT2D eigenvalue weighted by Gasteiger charge is 2.25. The third-order valence-electron chi connectivity index (χ3n) is 5.12. The molecule has 0 aliphatic heterocycles. The van der Waals surface area contributed by atoms with Gasteiger partial charge in [0.2, 0.25) is 5.43 Å². The van der Waals surface area contributed by atoms with Gasteiger partial charge in [-0.25, -0.2) is 0 Å². The molecule has 0 aliphatic carbocycles. The Morgan fingerprint density at radius 1 is 0.778 bits per heavy atom. The van der Waals surface area contributed by atoms with Crippen LogP contribution in [0.5, 0.6) is 23.0 Å². The Balaban J connectivity index is 2.33. The van der Waals surface area contributed by atoms with Crippen LogP contribution in [0.4, 0.5) is 0 Å². The molecule has 0 fully saturated rings. The summed E-state index contributed by atoms with van der Waals surface area (Å²) < 4.78 is 5.27. The molecule has 0 bridgehead atoms. The van der Waals surface area contributed by atoms with Crippen LogP contribution in [-0.2, 0) is 0 Å². The molecule has 5 rings (SSSR count). The zero-order valence-electron chi connectivity index (χ0n) is 14.0. The van der Waals surface area contributed by atoms with Gasteiger partial charge >= 0.3 is 0 Å². The molecule has 0 heterocycles. The highest BCUT2D eigenvalue weighted by Crippen LogP contribution is 2.47. The lowest BCUT2D eigenvalue weighted by atomic mass is 9.88. The van der Waals surface area contributed by atoms with Crippen molar-refractivity contribution >= 4 is 43.1 Å². The number of aromatic hydroxyl groups is 3. The summed E-state index contributed by atoms with van der Waals surface area (Å²) in [6.45, 7) is 0. The topological polar surface area (TPSA) is 104 Å². The number of hydrogen-bond acceptors (Lipinski definition) is 6. The number of benzene rings is 5. The van der Waals surface area contributed by atoms with Crippen molar-refractivity contribution in [1.82, 2.24) is 0 Å². The van der Waals surface area contributed by atoms with Gasteiger partial charge < -0.3 is 20.1 Å². The Hall–Kier alpha value is -3.80. The van der Waals surface area contributed by atoms with Crippen molar-refractivity contribution in [2.75, 3.05) is 7.11 Å². The van der Waals surface area contributed by atoms with E-state index in [0.717, 1.165) is 0 Å². The van der Waals surface area contributed by atoms with Crippen molar-refractivity contribution in [2.24, 2.45) is 0 Å². The van der Waals surface area contributed by atoms with E-state index in [1.807, 2.05) is 0 Å². The molecule has 0 atom stereocenters. The molecule has 5 aromatic carbocycles. The minimum Gasteiger partial charge on any atom is -0.508 e. The minimum absolute atomic E-state index is 0.0168. The monoisotopic (exact) mass is 360 g/mol. The number of phenols is 3. The van der Waals surface area contributed by atoms with E-state index in [1.165, 1.54) is 37.4 Å². The van der Waals surface area contributed by atoms with Crippen LogP contribution in [-0.4, -0.2) is 22.4 Å². The first-order chi connectivity index (χ1) is 12.9. The van der Waals surface area contributed by atoms with Gasteiger partial charge in [-0.15, -0.1) is 0 Å². The quantitative estimate of drug-likeness (QED) is 0.314. The van der Waals surface area contributed by atoms with E-state index in [-0.39, 0.29) is 44.6 Å². The molecule has 0 unspecified atom stereocenters. The zero-order chi connectivity index (χ0) is 19.0. The summed E-state index contributed by atoms with van der Waals surface area (Å²) >= 11 is 0. The first-order valence-corrected chi connectivity index (χ1v) is 8.17. The van der Waals surface area contributed by atoms with Crippen LogP contribution in [0.25, 0.3) is 43.1 Å². The average Bonchev–Trinajstić information content (AvgIpc) is 2.63. The molecule has 27 heavy (non-hydrogen) atoms. The molecule has 0 spiro atoms. The SMILES string of the molecule is COc1c(=O)c2c(O)c3cccc(=O)c3c3cc(O)c4cc(O)cc1c4c23. The van der Waals surface area contributed by atoms with Crippen molar-refractivity contribution in [1.29, 1.82) is 0 Å². The predicted octanol–water partition coefficient (Wildman–Crippen LogP) is 3.02. The summed E-state index contributed by atoms with van der Waals surface area (Å²) in [5.74, 6) is -0.656. The molecule has 0 radical (unpaired) electrons. The van der Waals surface area contributed by atoms with Gasteiger partial charge in [0.25, 0.3) is 0 Å². The van der Waals surface area contributed by atoms with E-state index < -0.39 is 5.43 Å². The Labute approximate surface area is 150 Å². The maximum atomic E-state index is 13.1. The van der Waals surface area contributed by atoms with Crippen molar-refractivity contribution in [3.63, 3.8) is 0 Å². The van der Waals surface area contributed by atoms with Gasteiger partial charge in [0.15, 0.2) is 11.2 Å². The second-order valence-electron chi connectivity index (χ2n) is 6.50. The van der Waals surface area contributed by atoms with Crippen LogP contribution in [0.15, 0.2) is 46.0 Å². The largest absolute Gasteiger partial charge is 0.508 e. The molecule has 0 saturated heterocycles. The van der Waals surface area contributed by atoms with Gasteiger partial charge in [-0.2, -0.15) is 0 Å². The van der Waals surface area contributed by atoms with Crippen LogP contribution >= 0.6 is 0 Å². The summed E-state index contributed by atoms with van der Waals surface area (Å²) in [6.07, 6.45) is 0. The van der Waals surface area contributed by atoms with Crippen molar-refractivity contribution in [2.45, 2.75) is 0 Å². The fourth-order valence-corrected chi connectivity index (χ4v) is 4.07. The van der Waals surface area contributed by atoms with Crippen LogP contribution in [0.3, 0.4) is 0 Å². The van der Waals surface area contributed by atoms with Gasteiger partial charge in [0, 0.05) is 32.3 Å². The summed E-state index contributed by atoms with van der Waals surface area (Å²) in [5.41, 5.74) is -0.884. The van der Waals surface area contributed by atoms with E-state index in [2.05, 4.69) is 0 Å². The minimum atomic E-state index is -0.553. The lowest BCUT2D eigenvalue weighted by Gasteiger charge is -2.17. The lowest BCUT2D eigenvalue weighted by Crippen LogP contribution is -2.09. The fraction of sp³-hybridized carbons (Fsp3) is 0.0476. The van der Waals surface area contributed by atoms with E-state index in [9.17, 15) is 24.9 Å². The van der Waals surface area contributed by atoms with Crippen molar-refractivity contribution < 1.29 is 20.1 Å². The standard InChI is InChI=1S/C21H12O6/c1-27-21-12-6-8(22)5-10-14(24)7-11-15-9(3-2-4-13(15)23)19(25)18(20(21)26)17(11)16(10)12/h2-7,22,24-25H,1H3. The first kappa shape index (κ1) is 15.5. The lowest BCUT2D eigenvalue weighted by molar-refractivity contribution is 0.416. The highest BCUT2D eigenvalue weighted by atomic mass is 16.5. The van der Waals surface area contributed by atoms with Gasteiger partial charge in [-0.1, -0.05) is 12.1 Å². The molecular formula is C21H12O6. The van der Waals surface area contributed by atoms with Crippen molar-refractivity contribution in [3.8, 4) is 23.0 Å². The summed E-state index contributed by atoms with van der Waals surface area (Å²) in [4.78, 5) is 25.6. The summed E-state index contributed by atoms with van der Waals surface area (Å²) in [5, 5.41) is 33.7. The Morgan fingerprint density at radius 2 is 1.52 bits per heavy atom. The third kappa shape index (κ3) is 1.74. The van der Waals surface area contributed by atoms with E-state index in [0.29, 0.717) is 26.9 Å². The average molecular weight is 360 g/mol. The van der Waals surface area contributed by atoms with Crippen LogP contribution in [0, 0.1) is 0 Å². The summed E-state index contributed by atoms with van der Waals surface area (Å²) in [6, 6.07) is 8.53. The normalized spacial score (nSPS) is 11.9. The second-order valence-corrected chi connectivity index (χ2v) is 6.50. The predicted molar refractivity (Wildman–Crippen MR) is 103 cm³/mol. The van der Waals surface area contributed by atoms with Crippen LogP contribution in [0.1, 0.15) is 0 Å². The molecule has 0 saturated carbocycles. The summed E-state index contributed by atoms with van der Waals surface area (Å²) in [7, 11) is 1.32. The number of rotatable bonds is 1. The molecule has 0 amide bonds. The Bertz CT molecular complexity index is 1520. The number of phenolic OH excluding ortho intramolecular Hbond substituents is 3. The van der Waals surface area contributed by atoms with Crippen LogP contribution in [0.2, 0.25) is 0 Å². The van der Waals surface area contributed by atoms with Gasteiger partial charge in [0.1, 0.15) is 17.2 Å². The zero-order valence-corrected chi connectivity index (χ0v) is 14.0. The molecule has 5 aromatic rings. The maximum Gasteiger partial charge on any atom is 0.232 e. The van der Waals surface area contributed by atoms with Crippen LogP contribution < -0.4 is 15.6 Å². The Morgan fingerprint density at radius 3 is 2.26 bits per heavy atom. The maximum absolute atomic E-state index is 13.1. The number of fused-ring (bicyclic) bond motifs is 2. The smallest absolute Gasteiger partial charge is 0.232 e. The van der Waals surface area contributed by atoms with E-state index in [1.54, 1.807) is 6.07 Å². The Kier molecular flexibility index (Phi) is 2.80. The number of hydrogen-bond donors (Lipinski definition) is 3. The number of methoxy groups -OCH3 is 1. The van der Waals surface area contributed by atoms with Gasteiger partial charge in [-0.3, -0.25) is 9.59 Å². The molecule has 3 N–H and O–H groups in total. The van der Waals surface area contributed by atoms with Gasteiger partial charge in [0.05, 0.1) is 12.5 Å².